The van der Waals surface area contributed by atoms with Gasteiger partial charge in [0, 0.05) is 23.4 Å². The number of fused-ring (bicyclic) bond motifs is 5. The van der Waals surface area contributed by atoms with Crippen LogP contribution in [0.15, 0.2) is 127 Å². The van der Waals surface area contributed by atoms with Crippen LogP contribution in [-0.4, -0.2) is 38.7 Å². The molecule has 2 saturated heterocycles. The van der Waals surface area contributed by atoms with Crippen LogP contribution < -0.4 is 10.3 Å². The van der Waals surface area contributed by atoms with Gasteiger partial charge < -0.3 is 5.11 Å². The number of nitro benzene ring substituents is 1. The average molecular weight is 719 g/mol. The highest BCUT2D eigenvalue weighted by Crippen LogP contribution is 2.65. The number of nitrogens with zero attached hydrogens (tertiary/aromatic N) is 3. The number of rotatable bonds is 6. The number of benzene rings is 5. The number of amides is 4. The van der Waals surface area contributed by atoms with Gasteiger partial charge in [0.2, 0.25) is 11.8 Å². The van der Waals surface area contributed by atoms with Crippen LogP contribution in [0.2, 0.25) is 0 Å². The van der Waals surface area contributed by atoms with E-state index in [-0.39, 0.29) is 30.0 Å². The van der Waals surface area contributed by atoms with Crippen molar-refractivity contribution in [2.24, 2.45) is 23.7 Å². The van der Waals surface area contributed by atoms with Crippen LogP contribution >= 0.6 is 0 Å². The van der Waals surface area contributed by atoms with Crippen molar-refractivity contribution in [2.45, 2.75) is 31.1 Å². The molecule has 0 unspecified atom stereocenters. The van der Waals surface area contributed by atoms with Crippen LogP contribution in [0.3, 0.4) is 0 Å². The Balaban J connectivity index is 1.26. The maximum absolute atomic E-state index is 15.5. The molecule has 9 rings (SSSR count). The lowest BCUT2D eigenvalue weighted by molar-refractivity contribution is -0.384. The zero-order chi connectivity index (χ0) is 37.5. The van der Waals surface area contributed by atoms with Crippen LogP contribution in [0.5, 0.6) is 5.75 Å². The van der Waals surface area contributed by atoms with Crippen molar-refractivity contribution in [3.8, 4) is 5.75 Å². The summed E-state index contributed by atoms with van der Waals surface area (Å²) < 4.78 is 0. The van der Waals surface area contributed by atoms with Crippen molar-refractivity contribution in [1.82, 2.24) is 5.01 Å². The fraction of sp³-hybridized carbons (Fsp3) is 0.209. The van der Waals surface area contributed by atoms with E-state index in [1.807, 2.05) is 73.7 Å². The van der Waals surface area contributed by atoms with E-state index in [4.69, 9.17) is 0 Å². The van der Waals surface area contributed by atoms with Crippen molar-refractivity contribution in [2.75, 3.05) is 10.3 Å². The van der Waals surface area contributed by atoms with Crippen LogP contribution in [0.4, 0.5) is 17.1 Å². The van der Waals surface area contributed by atoms with Crippen molar-refractivity contribution in [3.05, 3.63) is 154 Å². The Hall–Kier alpha value is -6.62. The van der Waals surface area contributed by atoms with E-state index < -0.39 is 63.6 Å². The number of phenols is 1. The standard InChI is InChI=1S/C43H34N4O7/c1-24-14-16-26(17-15-24)44-46-40(50)35-23-34-32(18-19-33-37(34)41(51)45(39(33)49)27-10-7-11-28(22-27)47(53)54)38(43(35,42(46)52)25-8-3-2-4-9-25)31-20-21-36(48)30-13-6-5-12-29(30)31/h2-18,20-22,33-35,37-38,44,48H,19,23H2,1H3/t33-,34+,35-,37-,38-,43+/m0/s1. The van der Waals surface area contributed by atoms with Crippen LogP contribution in [0.1, 0.15) is 35.4 Å². The summed E-state index contributed by atoms with van der Waals surface area (Å²) in [7, 11) is 0. The Bertz CT molecular complexity index is 2460. The zero-order valence-corrected chi connectivity index (χ0v) is 29.1. The minimum Gasteiger partial charge on any atom is -0.507 e. The molecule has 268 valence electrons. The third-order valence-electron chi connectivity index (χ3n) is 11.9. The molecule has 4 amide bonds. The number of carbonyl (C=O) groups is 4. The number of allylic oxidation sites excluding steroid dienone is 2. The second-order valence-electron chi connectivity index (χ2n) is 14.6. The molecule has 1 saturated carbocycles. The van der Waals surface area contributed by atoms with E-state index in [0.29, 0.717) is 27.6 Å². The molecule has 2 aliphatic carbocycles. The second kappa shape index (κ2) is 12.2. The fourth-order valence-corrected chi connectivity index (χ4v) is 9.65. The Morgan fingerprint density at radius 2 is 1.52 bits per heavy atom. The van der Waals surface area contributed by atoms with Crippen molar-refractivity contribution in [1.29, 1.82) is 0 Å². The molecule has 54 heavy (non-hydrogen) atoms. The molecule has 4 aliphatic rings. The SMILES string of the molecule is Cc1ccc(NN2C(=O)[C@@H]3C[C@@H]4C(=CC[C@@H]5C(=O)N(c6cccc([N+](=O)[O-])c6)C(=O)[C@@H]54)[C@H](c4ccc(O)c5ccccc45)[C@]3(c3ccccc3)C2=O)cc1. The van der Waals surface area contributed by atoms with Gasteiger partial charge in [0.15, 0.2) is 0 Å². The summed E-state index contributed by atoms with van der Waals surface area (Å²) in [6, 6.07) is 32.9. The van der Waals surface area contributed by atoms with E-state index >= 15 is 4.79 Å². The Labute approximate surface area is 309 Å². The summed E-state index contributed by atoms with van der Waals surface area (Å²) in [4.78, 5) is 71.3. The largest absolute Gasteiger partial charge is 0.507 e. The molecular weight excluding hydrogens is 684 g/mol. The Kier molecular flexibility index (Phi) is 7.53. The molecule has 2 N–H and O–H groups in total. The number of aromatic hydroxyl groups is 1. The normalized spacial score (nSPS) is 26.0. The number of carbonyl (C=O) groups excluding carboxylic acids is 4. The quantitative estimate of drug-likeness (QED) is 0.0829. The molecule has 0 spiro atoms. The van der Waals surface area contributed by atoms with E-state index in [9.17, 15) is 29.6 Å². The second-order valence-corrected chi connectivity index (χ2v) is 14.6. The smallest absolute Gasteiger partial charge is 0.271 e. The first-order chi connectivity index (χ1) is 26.1. The number of imide groups is 2. The molecule has 2 heterocycles. The van der Waals surface area contributed by atoms with Gasteiger partial charge >= 0.3 is 0 Å². The number of hydrazine groups is 1. The fourth-order valence-electron chi connectivity index (χ4n) is 9.65. The number of nitro groups is 1. The van der Waals surface area contributed by atoms with Gasteiger partial charge in [-0.2, -0.15) is 5.01 Å². The van der Waals surface area contributed by atoms with Gasteiger partial charge in [-0.05, 0) is 66.5 Å². The molecule has 0 aromatic heterocycles. The lowest BCUT2D eigenvalue weighted by Crippen LogP contribution is -2.53. The Morgan fingerprint density at radius 3 is 2.26 bits per heavy atom. The lowest BCUT2D eigenvalue weighted by Gasteiger charge is -2.51. The summed E-state index contributed by atoms with van der Waals surface area (Å²) in [6.45, 7) is 1.94. The number of phenolic OH excluding ortho intramolecular Hbond substituents is 1. The number of nitrogens with one attached hydrogen (secondary N) is 1. The minimum absolute atomic E-state index is 0.0605. The van der Waals surface area contributed by atoms with E-state index in [2.05, 4.69) is 5.43 Å². The van der Waals surface area contributed by atoms with Crippen molar-refractivity contribution >= 4 is 51.5 Å². The molecule has 5 aromatic carbocycles. The third kappa shape index (κ3) is 4.67. The average Bonchev–Trinajstić information content (AvgIpc) is 3.57. The summed E-state index contributed by atoms with van der Waals surface area (Å²) in [5.41, 5.74) is 5.18. The minimum atomic E-state index is -1.48. The highest BCUT2D eigenvalue weighted by Gasteiger charge is 2.70. The molecule has 2 aliphatic heterocycles. The van der Waals surface area contributed by atoms with Gasteiger partial charge in [0.25, 0.3) is 17.5 Å². The maximum atomic E-state index is 15.5. The molecule has 11 heteroatoms. The first kappa shape index (κ1) is 33.2. The number of anilines is 2. The number of hydrogen-bond acceptors (Lipinski definition) is 8. The molecule has 0 bridgehead atoms. The number of hydrogen-bond donors (Lipinski definition) is 2. The third-order valence-corrected chi connectivity index (χ3v) is 11.9. The van der Waals surface area contributed by atoms with Crippen LogP contribution in [-0.2, 0) is 24.6 Å². The van der Waals surface area contributed by atoms with Crippen molar-refractivity contribution < 1.29 is 29.2 Å². The van der Waals surface area contributed by atoms with E-state index in [1.54, 1.807) is 30.3 Å². The monoisotopic (exact) mass is 718 g/mol. The summed E-state index contributed by atoms with van der Waals surface area (Å²) >= 11 is 0. The van der Waals surface area contributed by atoms with Gasteiger partial charge in [0.05, 0.1) is 39.5 Å². The zero-order valence-electron chi connectivity index (χ0n) is 29.1. The van der Waals surface area contributed by atoms with Gasteiger partial charge in [-0.1, -0.05) is 96.1 Å². The molecule has 5 aromatic rings. The lowest BCUT2D eigenvalue weighted by atomic mass is 9.49. The highest BCUT2D eigenvalue weighted by atomic mass is 16.6. The topological polar surface area (TPSA) is 150 Å². The molecule has 3 fully saturated rings. The highest BCUT2D eigenvalue weighted by molar-refractivity contribution is 6.23. The first-order valence-corrected chi connectivity index (χ1v) is 17.9. The van der Waals surface area contributed by atoms with Gasteiger partial charge in [-0.15, -0.1) is 0 Å². The van der Waals surface area contributed by atoms with E-state index in [0.717, 1.165) is 21.0 Å². The first-order valence-electron chi connectivity index (χ1n) is 17.9. The predicted octanol–water partition coefficient (Wildman–Crippen LogP) is 6.95. The van der Waals surface area contributed by atoms with Gasteiger partial charge in [0.1, 0.15) is 5.75 Å². The van der Waals surface area contributed by atoms with Gasteiger partial charge in [-0.25, -0.2) is 4.90 Å². The van der Waals surface area contributed by atoms with Crippen molar-refractivity contribution in [3.63, 3.8) is 0 Å². The summed E-state index contributed by atoms with van der Waals surface area (Å²) in [5.74, 6) is -5.79. The van der Waals surface area contributed by atoms with Crippen LogP contribution in [0.25, 0.3) is 10.8 Å². The van der Waals surface area contributed by atoms with Gasteiger partial charge in [-0.3, -0.25) is 34.7 Å². The number of aryl methyl sites for hydroxylation is 1. The number of non-ortho nitro benzene ring substituents is 1. The summed E-state index contributed by atoms with van der Waals surface area (Å²) in [5, 5.41) is 25.0. The van der Waals surface area contributed by atoms with E-state index in [1.165, 1.54) is 24.3 Å². The molecular formula is C43H34N4O7. The molecule has 11 nitrogen and oxygen atoms in total. The van der Waals surface area contributed by atoms with Crippen LogP contribution in [0, 0.1) is 40.7 Å². The molecule has 6 atom stereocenters. The summed E-state index contributed by atoms with van der Waals surface area (Å²) in [6.07, 6.45) is 2.27. The Morgan fingerprint density at radius 1 is 0.796 bits per heavy atom. The maximum Gasteiger partial charge on any atom is 0.271 e. The predicted molar refractivity (Wildman–Crippen MR) is 200 cm³/mol. The molecule has 0 radical (unpaired) electrons.